The smallest absolute Gasteiger partial charge is 0.253 e. The van der Waals surface area contributed by atoms with Gasteiger partial charge in [0.05, 0.1) is 6.21 Å². The molecule has 6 heteroatoms. The molecule has 3 rings (SSSR count). The zero-order valence-corrected chi connectivity index (χ0v) is 14.1. The predicted molar refractivity (Wildman–Crippen MR) is 97.3 cm³/mol. The Morgan fingerprint density at radius 2 is 1.68 bits per heavy atom. The summed E-state index contributed by atoms with van der Waals surface area (Å²) in [6.07, 6.45) is 1.60. The number of carbonyl (C=O) groups is 1. The fourth-order valence-corrected chi connectivity index (χ4v) is 2.84. The van der Waals surface area contributed by atoms with E-state index in [2.05, 4.69) is 14.9 Å². The van der Waals surface area contributed by atoms with Crippen LogP contribution in [0.15, 0.2) is 53.7 Å². The molecule has 0 unspecified atom stereocenters. The maximum Gasteiger partial charge on any atom is 0.253 e. The molecule has 0 aromatic heterocycles. The highest BCUT2D eigenvalue weighted by Crippen LogP contribution is 2.20. The van der Waals surface area contributed by atoms with Gasteiger partial charge in [0.15, 0.2) is 0 Å². The minimum Gasteiger partial charge on any atom is -0.508 e. The first-order valence-corrected chi connectivity index (χ1v) is 8.17. The van der Waals surface area contributed by atoms with Gasteiger partial charge >= 0.3 is 0 Å². The molecule has 1 saturated heterocycles. The van der Waals surface area contributed by atoms with Gasteiger partial charge in [0.25, 0.3) is 5.91 Å². The van der Waals surface area contributed by atoms with Crippen molar-refractivity contribution in [1.82, 2.24) is 4.90 Å². The number of piperazine rings is 1. The van der Waals surface area contributed by atoms with E-state index in [1.807, 2.05) is 41.3 Å². The molecular weight excluding hydrogens is 318 g/mol. The predicted octanol–water partition coefficient (Wildman–Crippen LogP) is 2.33. The number of rotatable bonds is 4. The van der Waals surface area contributed by atoms with Crippen molar-refractivity contribution in [2.45, 2.75) is 0 Å². The van der Waals surface area contributed by atoms with Crippen LogP contribution in [0.25, 0.3) is 0 Å². The number of oxime groups is 1. The lowest BCUT2D eigenvalue weighted by Gasteiger charge is -2.36. The highest BCUT2D eigenvalue weighted by Gasteiger charge is 2.22. The molecule has 1 amide bonds. The monoisotopic (exact) mass is 339 g/mol. The first-order valence-electron chi connectivity index (χ1n) is 8.17. The fraction of sp³-hybridized carbons (Fsp3) is 0.263. The molecule has 130 valence electrons. The number of benzene rings is 2. The van der Waals surface area contributed by atoms with Crippen LogP contribution in [0.4, 0.5) is 5.69 Å². The van der Waals surface area contributed by atoms with Gasteiger partial charge in [-0.05, 0) is 42.0 Å². The van der Waals surface area contributed by atoms with Crippen molar-refractivity contribution in [2.24, 2.45) is 5.16 Å². The molecule has 1 N–H and O–H groups in total. The van der Waals surface area contributed by atoms with Crippen LogP contribution in [-0.4, -0.2) is 55.4 Å². The first kappa shape index (κ1) is 16.8. The Morgan fingerprint density at radius 1 is 1.04 bits per heavy atom. The minimum atomic E-state index is 0.0422. The van der Waals surface area contributed by atoms with Crippen LogP contribution in [0.2, 0.25) is 0 Å². The van der Waals surface area contributed by atoms with Crippen LogP contribution in [-0.2, 0) is 4.84 Å². The summed E-state index contributed by atoms with van der Waals surface area (Å²) < 4.78 is 0. The van der Waals surface area contributed by atoms with E-state index >= 15 is 0 Å². The Kier molecular flexibility index (Phi) is 5.18. The van der Waals surface area contributed by atoms with Crippen molar-refractivity contribution in [2.75, 3.05) is 38.2 Å². The second kappa shape index (κ2) is 7.70. The largest absolute Gasteiger partial charge is 0.508 e. The highest BCUT2D eigenvalue weighted by molar-refractivity contribution is 5.95. The molecule has 1 aliphatic rings. The van der Waals surface area contributed by atoms with Crippen LogP contribution in [0.3, 0.4) is 0 Å². The molecule has 0 spiro atoms. The summed E-state index contributed by atoms with van der Waals surface area (Å²) in [6.45, 7) is 2.89. The van der Waals surface area contributed by atoms with E-state index < -0.39 is 0 Å². The van der Waals surface area contributed by atoms with Gasteiger partial charge in [0, 0.05) is 37.4 Å². The Morgan fingerprint density at radius 3 is 2.28 bits per heavy atom. The number of aromatic hydroxyl groups is 1. The van der Waals surface area contributed by atoms with E-state index in [0.29, 0.717) is 18.7 Å². The molecule has 0 atom stereocenters. The van der Waals surface area contributed by atoms with Crippen LogP contribution in [0, 0.1) is 0 Å². The maximum atomic E-state index is 12.6. The fourth-order valence-electron chi connectivity index (χ4n) is 2.84. The number of hydrogen-bond donors (Lipinski definition) is 1. The lowest BCUT2D eigenvalue weighted by atomic mass is 10.1. The Labute approximate surface area is 146 Å². The van der Waals surface area contributed by atoms with Crippen LogP contribution in [0.1, 0.15) is 15.9 Å². The molecule has 2 aromatic rings. The molecule has 2 aromatic carbocycles. The van der Waals surface area contributed by atoms with Crippen LogP contribution in [0.5, 0.6) is 5.75 Å². The highest BCUT2D eigenvalue weighted by atomic mass is 16.6. The SMILES string of the molecule is CO/N=C/c1ccc(C(=O)N2CCN(c3ccc(O)cc3)CC2)cc1. The van der Waals surface area contributed by atoms with E-state index in [0.717, 1.165) is 24.3 Å². The number of anilines is 1. The summed E-state index contributed by atoms with van der Waals surface area (Å²) in [4.78, 5) is 21.4. The van der Waals surface area contributed by atoms with Gasteiger partial charge in [0.1, 0.15) is 12.9 Å². The molecule has 0 saturated carbocycles. The normalized spacial score (nSPS) is 14.8. The van der Waals surface area contributed by atoms with Crippen LogP contribution >= 0.6 is 0 Å². The number of phenols is 1. The number of phenolic OH excluding ortho intramolecular Hbond substituents is 1. The molecule has 1 fully saturated rings. The molecule has 0 aliphatic carbocycles. The van der Waals surface area contributed by atoms with Gasteiger partial charge in [-0.2, -0.15) is 0 Å². The molecule has 6 nitrogen and oxygen atoms in total. The van der Waals surface area contributed by atoms with E-state index in [1.54, 1.807) is 18.3 Å². The van der Waals surface area contributed by atoms with Gasteiger partial charge in [-0.1, -0.05) is 17.3 Å². The molecule has 0 bridgehead atoms. The van der Waals surface area contributed by atoms with Crippen LogP contribution < -0.4 is 4.90 Å². The van der Waals surface area contributed by atoms with Gasteiger partial charge in [-0.3, -0.25) is 4.79 Å². The number of hydrogen-bond acceptors (Lipinski definition) is 5. The molecular formula is C19H21N3O3. The standard InChI is InChI=1S/C19H21N3O3/c1-25-20-14-15-2-4-16(5-3-15)19(24)22-12-10-21(11-13-22)17-6-8-18(23)9-7-17/h2-9,14,23H,10-13H2,1H3/b20-14+. The Balaban J connectivity index is 1.59. The van der Waals surface area contributed by atoms with E-state index in [9.17, 15) is 9.90 Å². The van der Waals surface area contributed by atoms with E-state index in [4.69, 9.17) is 0 Å². The number of amides is 1. The van der Waals surface area contributed by atoms with Gasteiger partial charge < -0.3 is 19.7 Å². The van der Waals surface area contributed by atoms with Crippen molar-refractivity contribution in [3.8, 4) is 5.75 Å². The number of nitrogens with zero attached hydrogens (tertiary/aromatic N) is 3. The average molecular weight is 339 g/mol. The third kappa shape index (κ3) is 4.09. The molecule has 0 radical (unpaired) electrons. The summed E-state index contributed by atoms with van der Waals surface area (Å²) in [7, 11) is 1.49. The maximum absolute atomic E-state index is 12.6. The second-order valence-corrected chi connectivity index (χ2v) is 5.83. The van der Waals surface area contributed by atoms with Gasteiger partial charge in [0.2, 0.25) is 0 Å². The quantitative estimate of drug-likeness (QED) is 0.686. The third-order valence-electron chi connectivity index (χ3n) is 4.25. The summed E-state index contributed by atoms with van der Waals surface area (Å²) in [5.74, 6) is 0.303. The van der Waals surface area contributed by atoms with Crippen molar-refractivity contribution in [3.63, 3.8) is 0 Å². The Bertz CT molecular complexity index is 734. The summed E-state index contributed by atoms with van der Waals surface area (Å²) in [6, 6.07) is 14.5. The summed E-state index contributed by atoms with van der Waals surface area (Å²) in [5.41, 5.74) is 2.62. The van der Waals surface area contributed by atoms with E-state index in [-0.39, 0.29) is 11.7 Å². The molecule has 1 heterocycles. The first-order chi connectivity index (χ1) is 12.2. The van der Waals surface area contributed by atoms with Crippen molar-refractivity contribution < 1.29 is 14.7 Å². The zero-order chi connectivity index (χ0) is 17.6. The van der Waals surface area contributed by atoms with Gasteiger partial charge in [-0.25, -0.2) is 0 Å². The second-order valence-electron chi connectivity index (χ2n) is 5.83. The lowest BCUT2D eigenvalue weighted by Crippen LogP contribution is -2.48. The Hall–Kier alpha value is -3.02. The molecule has 1 aliphatic heterocycles. The minimum absolute atomic E-state index is 0.0422. The average Bonchev–Trinajstić information content (AvgIpc) is 2.67. The van der Waals surface area contributed by atoms with Crippen molar-refractivity contribution >= 4 is 17.8 Å². The zero-order valence-electron chi connectivity index (χ0n) is 14.1. The molecule has 25 heavy (non-hydrogen) atoms. The summed E-state index contributed by atoms with van der Waals surface area (Å²) in [5, 5.41) is 13.1. The van der Waals surface area contributed by atoms with Crippen molar-refractivity contribution in [3.05, 3.63) is 59.7 Å². The van der Waals surface area contributed by atoms with Crippen molar-refractivity contribution in [1.29, 1.82) is 0 Å². The number of carbonyl (C=O) groups excluding carboxylic acids is 1. The topological polar surface area (TPSA) is 65.4 Å². The third-order valence-corrected chi connectivity index (χ3v) is 4.25. The van der Waals surface area contributed by atoms with E-state index in [1.165, 1.54) is 7.11 Å². The van der Waals surface area contributed by atoms with Gasteiger partial charge in [-0.15, -0.1) is 0 Å². The summed E-state index contributed by atoms with van der Waals surface area (Å²) >= 11 is 0. The lowest BCUT2D eigenvalue weighted by molar-refractivity contribution is 0.0747.